The molecule has 0 heteroatoms. The highest BCUT2D eigenvalue weighted by molar-refractivity contribution is 4.93. The maximum atomic E-state index is 2.54. The molecule has 0 saturated heterocycles. The van der Waals surface area contributed by atoms with Crippen molar-refractivity contribution in [3.05, 3.63) is 24.3 Å². The van der Waals surface area contributed by atoms with Gasteiger partial charge in [0.1, 0.15) is 0 Å². The third kappa shape index (κ3) is 11.9. The maximum Gasteiger partial charge on any atom is -0.0233 e. The molecule has 4 aliphatic carbocycles. The first-order valence-electron chi connectivity index (χ1n) is 17.9. The van der Waals surface area contributed by atoms with Crippen molar-refractivity contribution in [3.63, 3.8) is 0 Å². The lowest BCUT2D eigenvalue weighted by atomic mass is 9.69. The molecule has 4 aliphatic rings. The maximum absolute atomic E-state index is 2.54. The van der Waals surface area contributed by atoms with Gasteiger partial charge in [-0.3, -0.25) is 0 Å². The quantitative estimate of drug-likeness (QED) is 0.197. The van der Waals surface area contributed by atoms with Gasteiger partial charge in [-0.2, -0.15) is 0 Å². The van der Waals surface area contributed by atoms with Crippen LogP contribution in [0.3, 0.4) is 0 Å². The minimum absolute atomic E-state index is 0.913. The molecule has 4 fully saturated rings. The first-order chi connectivity index (χ1) is 18.6. The molecule has 0 unspecified atom stereocenters. The Balaban J connectivity index is 0.000000211. The molecule has 0 radical (unpaired) electrons. The fraction of sp³-hybridized carbons (Fsp3) is 0.895. The van der Waals surface area contributed by atoms with Crippen molar-refractivity contribution in [2.45, 2.75) is 169 Å². The van der Waals surface area contributed by atoms with Crippen molar-refractivity contribution in [1.82, 2.24) is 0 Å². The molecule has 38 heavy (non-hydrogen) atoms. The number of hydrogen-bond donors (Lipinski definition) is 0. The highest BCUT2D eigenvalue weighted by Gasteiger charge is 2.30. The van der Waals surface area contributed by atoms with E-state index in [-0.39, 0.29) is 0 Å². The molecule has 0 atom stereocenters. The highest BCUT2D eigenvalue weighted by atomic mass is 14.4. The molecule has 220 valence electrons. The number of allylic oxidation sites excluding steroid dienone is 4. The fourth-order valence-electron chi connectivity index (χ4n) is 8.35. The van der Waals surface area contributed by atoms with E-state index >= 15 is 0 Å². The van der Waals surface area contributed by atoms with Crippen molar-refractivity contribution in [1.29, 1.82) is 0 Å². The zero-order chi connectivity index (χ0) is 27.0. The van der Waals surface area contributed by atoms with Crippen molar-refractivity contribution < 1.29 is 0 Å². The van der Waals surface area contributed by atoms with Gasteiger partial charge in [-0.15, -0.1) is 0 Å². The third-order valence-corrected chi connectivity index (χ3v) is 11.4. The van der Waals surface area contributed by atoms with Crippen molar-refractivity contribution in [2.75, 3.05) is 0 Å². The monoisotopic (exact) mass is 525 g/mol. The van der Waals surface area contributed by atoms with Gasteiger partial charge in [-0.05, 0) is 137 Å². The zero-order valence-electron chi connectivity index (χ0n) is 26.5. The Morgan fingerprint density at radius 2 is 0.711 bits per heavy atom. The topological polar surface area (TPSA) is 0 Å². The van der Waals surface area contributed by atoms with E-state index in [0.717, 1.165) is 47.3 Å². The van der Waals surface area contributed by atoms with Gasteiger partial charge in [-0.1, -0.05) is 103 Å². The van der Waals surface area contributed by atoms with Crippen molar-refractivity contribution in [3.8, 4) is 0 Å². The third-order valence-electron chi connectivity index (χ3n) is 11.4. The Bertz CT molecular complexity index is 554. The second-order valence-electron chi connectivity index (χ2n) is 14.5. The van der Waals surface area contributed by atoms with Crippen molar-refractivity contribution >= 4 is 0 Å². The average molecular weight is 525 g/mol. The standard InChI is InChI=1S/2C19H34/c2*1-3-4-5-6-7-17-10-14-19(15-11-17)18-12-8-16(2)9-13-18/h2*6-7,16-19H,3-5,8-15H2,1-2H3/b2*7-6+. The summed E-state index contributed by atoms with van der Waals surface area (Å²) in [6.45, 7) is 9.44. The molecular weight excluding hydrogens is 456 g/mol. The second kappa shape index (κ2) is 18.8. The molecule has 0 spiro atoms. The van der Waals surface area contributed by atoms with E-state index in [0.29, 0.717) is 0 Å². The number of rotatable bonds is 10. The molecule has 0 aromatic heterocycles. The van der Waals surface area contributed by atoms with E-state index in [1.807, 2.05) is 0 Å². The van der Waals surface area contributed by atoms with E-state index in [2.05, 4.69) is 52.0 Å². The Morgan fingerprint density at radius 1 is 0.421 bits per heavy atom. The van der Waals surface area contributed by atoms with Gasteiger partial charge in [-0.25, -0.2) is 0 Å². The summed E-state index contributed by atoms with van der Waals surface area (Å²) >= 11 is 0. The van der Waals surface area contributed by atoms with Crippen LogP contribution in [0.1, 0.15) is 169 Å². The minimum atomic E-state index is 0.913. The number of hydrogen-bond acceptors (Lipinski definition) is 0. The second-order valence-corrected chi connectivity index (χ2v) is 14.5. The van der Waals surface area contributed by atoms with Gasteiger partial charge in [0, 0.05) is 0 Å². The molecule has 0 aromatic carbocycles. The van der Waals surface area contributed by atoms with E-state index in [4.69, 9.17) is 0 Å². The summed E-state index contributed by atoms with van der Waals surface area (Å²) in [7, 11) is 0. The Morgan fingerprint density at radius 3 is 1.00 bits per heavy atom. The number of unbranched alkanes of at least 4 members (excludes halogenated alkanes) is 4. The SMILES string of the molecule is CCCC/C=C/C1CCC(C2CCC(C)CC2)CC1.CCCC/C=C/C1CCC(C2CCC(C)CC2)CC1. The van der Waals surface area contributed by atoms with Crippen LogP contribution in [0, 0.1) is 47.3 Å². The van der Waals surface area contributed by atoms with Gasteiger partial charge < -0.3 is 0 Å². The minimum Gasteiger partial charge on any atom is -0.0883 e. The molecule has 4 saturated carbocycles. The lowest BCUT2D eigenvalue weighted by Crippen LogP contribution is -2.24. The predicted molar refractivity (Wildman–Crippen MR) is 170 cm³/mol. The largest absolute Gasteiger partial charge is 0.0883 e. The predicted octanol–water partition coefficient (Wildman–Crippen LogP) is 12.7. The van der Waals surface area contributed by atoms with Crippen LogP contribution < -0.4 is 0 Å². The van der Waals surface area contributed by atoms with Crippen molar-refractivity contribution in [2.24, 2.45) is 47.3 Å². The summed E-state index contributed by atoms with van der Waals surface area (Å²) in [5.41, 5.74) is 0. The van der Waals surface area contributed by atoms with Gasteiger partial charge in [0.25, 0.3) is 0 Å². The Hall–Kier alpha value is -0.520. The van der Waals surface area contributed by atoms with Crippen LogP contribution in [0.15, 0.2) is 24.3 Å². The average Bonchev–Trinajstić information content (AvgIpc) is 2.95. The lowest BCUT2D eigenvalue weighted by molar-refractivity contribution is 0.160. The summed E-state index contributed by atoms with van der Waals surface area (Å²) in [5.74, 6) is 8.16. The van der Waals surface area contributed by atoms with Crippen LogP contribution in [0.5, 0.6) is 0 Å². The first-order valence-corrected chi connectivity index (χ1v) is 17.9. The lowest BCUT2D eigenvalue weighted by Gasteiger charge is -2.36. The van der Waals surface area contributed by atoms with Crippen LogP contribution in [0.4, 0.5) is 0 Å². The molecule has 0 aromatic rings. The summed E-state index contributed by atoms with van der Waals surface area (Å²) < 4.78 is 0. The van der Waals surface area contributed by atoms with E-state index in [1.54, 1.807) is 0 Å². The smallest absolute Gasteiger partial charge is 0.0233 e. The molecular formula is C38H68. The summed E-state index contributed by atoms with van der Waals surface area (Å²) in [4.78, 5) is 0. The normalized spacial score (nSPS) is 36.7. The molecule has 0 heterocycles. The van der Waals surface area contributed by atoms with Gasteiger partial charge in [0.15, 0.2) is 0 Å². The van der Waals surface area contributed by atoms with Crippen LogP contribution in [0.2, 0.25) is 0 Å². The van der Waals surface area contributed by atoms with Crippen LogP contribution >= 0.6 is 0 Å². The van der Waals surface area contributed by atoms with E-state index in [1.165, 1.54) is 141 Å². The zero-order valence-corrected chi connectivity index (χ0v) is 26.5. The van der Waals surface area contributed by atoms with Gasteiger partial charge >= 0.3 is 0 Å². The van der Waals surface area contributed by atoms with Crippen LogP contribution in [-0.4, -0.2) is 0 Å². The summed E-state index contributed by atoms with van der Waals surface area (Å²) in [6, 6.07) is 0. The summed E-state index contributed by atoms with van der Waals surface area (Å²) in [5, 5.41) is 0. The Kier molecular flexibility index (Phi) is 15.8. The summed E-state index contributed by atoms with van der Waals surface area (Å²) in [6.07, 6.45) is 42.1. The molecule has 0 N–H and O–H groups in total. The van der Waals surface area contributed by atoms with Crippen LogP contribution in [-0.2, 0) is 0 Å². The van der Waals surface area contributed by atoms with Crippen LogP contribution in [0.25, 0.3) is 0 Å². The molecule has 0 amide bonds. The Labute approximate surface area is 240 Å². The molecule has 0 nitrogen and oxygen atoms in total. The fourth-order valence-corrected chi connectivity index (χ4v) is 8.35. The first kappa shape index (κ1) is 32.0. The molecule has 4 rings (SSSR count). The highest BCUT2D eigenvalue weighted by Crippen LogP contribution is 2.42. The van der Waals surface area contributed by atoms with Gasteiger partial charge in [0.05, 0.1) is 0 Å². The van der Waals surface area contributed by atoms with Gasteiger partial charge in [0.2, 0.25) is 0 Å². The van der Waals surface area contributed by atoms with E-state index in [9.17, 15) is 0 Å². The van der Waals surface area contributed by atoms with E-state index < -0.39 is 0 Å². The molecule has 0 aliphatic heterocycles. The molecule has 0 bridgehead atoms.